The second kappa shape index (κ2) is 6.02. The smallest absolute Gasteiger partial charge is 0.744 e. The van der Waals surface area contributed by atoms with E-state index >= 15 is 0 Å². The molecule has 1 aromatic carbocycles. The zero-order valence-electron chi connectivity index (χ0n) is 9.85. The van der Waals surface area contributed by atoms with E-state index in [1.165, 1.54) is 13.2 Å². The van der Waals surface area contributed by atoms with E-state index in [2.05, 4.69) is 0 Å². The predicted molar refractivity (Wildman–Crippen MR) is 55.0 cm³/mol. The van der Waals surface area contributed by atoms with Crippen molar-refractivity contribution in [1.29, 1.82) is 0 Å². The molecule has 0 aliphatic heterocycles. The van der Waals surface area contributed by atoms with Crippen molar-refractivity contribution >= 4 is 10.1 Å². The first kappa shape index (κ1) is 15.9. The van der Waals surface area contributed by atoms with E-state index < -0.39 is 10.1 Å². The topological polar surface area (TPSA) is 66.4 Å². The number of rotatable bonds is 3. The summed E-state index contributed by atoms with van der Waals surface area (Å²) >= 11 is 0. The molecule has 0 unspecified atom stereocenters. The van der Waals surface area contributed by atoms with Crippen molar-refractivity contribution in [1.82, 2.24) is 0 Å². The van der Waals surface area contributed by atoms with Gasteiger partial charge in [-0.1, -0.05) is 19.9 Å². The van der Waals surface area contributed by atoms with Gasteiger partial charge in [-0.05, 0) is 23.6 Å². The minimum absolute atomic E-state index is 0. The quantitative estimate of drug-likeness (QED) is 0.497. The maximum Gasteiger partial charge on any atom is 1.00 e. The van der Waals surface area contributed by atoms with Gasteiger partial charge in [0.15, 0.2) is 0 Å². The van der Waals surface area contributed by atoms with E-state index in [0.29, 0.717) is 0 Å². The fourth-order valence-electron chi connectivity index (χ4n) is 1.25. The maximum atomic E-state index is 10.9. The van der Waals surface area contributed by atoms with Crippen molar-refractivity contribution < 1.29 is 47.3 Å². The van der Waals surface area contributed by atoms with Crippen LogP contribution >= 0.6 is 0 Å². The van der Waals surface area contributed by atoms with Crippen LogP contribution in [0.25, 0.3) is 0 Å². The Bertz CT molecular complexity index is 454. The Hall–Kier alpha value is -0.0700. The SMILES string of the molecule is COc1cc(C(C)C)ccc1S(=O)(=O)[O-].[Na+]. The van der Waals surface area contributed by atoms with Crippen molar-refractivity contribution in [2.75, 3.05) is 7.11 Å². The van der Waals surface area contributed by atoms with Crippen LogP contribution in [0.1, 0.15) is 25.3 Å². The molecule has 0 bridgehead atoms. The summed E-state index contributed by atoms with van der Waals surface area (Å²) in [6.45, 7) is 3.94. The van der Waals surface area contributed by atoms with E-state index in [1.54, 1.807) is 12.1 Å². The van der Waals surface area contributed by atoms with E-state index in [4.69, 9.17) is 4.74 Å². The van der Waals surface area contributed by atoms with Gasteiger partial charge < -0.3 is 9.29 Å². The fourth-order valence-corrected chi connectivity index (χ4v) is 1.87. The summed E-state index contributed by atoms with van der Waals surface area (Å²) in [5.74, 6) is 0.360. The summed E-state index contributed by atoms with van der Waals surface area (Å²) in [5.41, 5.74) is 0.930. The molecule has 0 heterocycles. The minimum atomic E-state index is -4.46. The molecule has 0 atom stereocenters. The van der Waals surface area contributed by atoms with E-state index in [0.717, 1.165) is 5.56 Å². The molecule has 0 N–H and O–H groups in total. The molecule has 0 radical (unpaired) electrons. The summed E-state index contributed by atoms with van der Waals surface area (Å²) in [7, 11) is -3.12. The first-order valence-corrected chi connectivity index (χ1v) is 5.91. The Morgan fingerprint density at radius 2 is 1.88 bits per heavy atom. The third kappa shape index (κ3) is 3.75. The first-order valence-electron chi connectivity index (χ1n) is 4.50. The molecule has 6 heteroatoms. The number of methoxy groups -OCH3 is 1. The standard InChI is InChI=1S/C10H14O4S.Na/c1-7(2)8-4-5-10(15(11,12)13)9(6-8)14-3;/h4-7H,1-3H3,(H,11,12,13);/q;+1/p-1. The van der Waals surface area contributed by atoms with Gasteiger partial charge in [0.2, 0.25) is 0 Å². The predicted octanol–water partition coefficient (Wildman–Crippen LogP) is -1.27. The van der Waals surface area contributed by atoms with E-state index in [9.17, 15) is 13.0 Å². The number of hydrogen-bond acceptors (Lipinski definition) is 4. The third-order valence-corrected chi connectivity index (χ3v) is 3.00. The second-order valence-corrected chi connectivity index (χ2v) is 4.87. The Balaban J connectivity index is 0.00000225. The number of hydrogen-bond donors (Lipinski definition) is 0. The van der Waals surface area contributed by atoms with Crippen molar-refractivity contribution in [2.45, 2.75) is 24.7 Å². The molecular weight excluding hydrogens is 239 g/mol. The zero-order valence-corrected chi connectivity index (χ0v) is 12.7. The van der Waals surface area contributed by atoms with Gasteiger partial charge in [-0.2, -0.15) is 0 Å². The second-order valence-electron chi connectivity index (χ2n) is 3.52. The molecule has 84 valence electrons. The molecule has 0 fully saturated rings. The molecule has 1 aromatic rings. The summed E-state index contributed by atoms with van der Waals surface area (Å²) < 4.78 is 37.5. The number of ether oxygens (including phenoxy) is 1. The van der Waals surface area contributed by atoms with Gasteiger partial charge in [0, 0.05) is 0 Å². The molecule has 16 heavy (non-hydrogen) atoms. The summed E-state index contributed by atoms with van der Waals surface area (Å²) in [4.78, 5) is -0.311. The van der Waals surface area contributed by atoms with Crippen molar-refractivity contribution in [3.8, 4) is 5.75 Å². The van der Waals surface area contributed by atoms with Gasteiger partial charge >= 0.3 is 29.6 Å². The average molecular weight is 252 g/mol. The maximum absolute atomic E-state index is 10.9. The summed E-state index contributed by atoms with van der Waals surface area (Å²) in [6.07, 6.45) is 0. The van der Waals surface area contributed by atoms with Gasteiger partial charge in [0.05, 0.1) is 12.0 Å². The van der Waals surface area contributed by atoms with Crippen LogP contribution in [0.15, 0.2) is 23.1 Å². The first-order chi connectivity index (χ1) is 6.86. The van der Waals surface area contributed by atoms with Crippen LogP contribution in [0.3, 0.4) is 0 Å². The molecule has 0 saturated heterocycles. The van der Waals surface area contributed by atoms with Crippen LogP contribution in [0.5, 0.6) is 5.75 Å². The van der Waals surface area contributed by atoms with Crippen LogP contribution in [0.4, 0.5) is 0 Å². The normalized spacial score (nSPS) is 11.1. The molecule has 0 spiro atoms. The Morgan fingerprint density at radius 1 is 1.31 bits per heavy atom. The summed E-state index contributed by atoms with van der Waals surface area (Å²) in [5, 5.41) is 0. The minimum Gasteiger partial charge on any atom is -0.744 e. The van der Waals surface area contributed by atoms with E-state index in [-0.39, 0.29) is 46.1 Å². The molecule has 4 nitrogen and oxygen atoms in total. The van der Waals surface area contributed by atoms with Gasteiger partial charge in [-0.15, -0.1) is 0 Å². The van der Waals surface area contributed by atoms with Crippen molar-refractivity contribution in [3.05, 3.63) is 23.8 Å². The fraction of sp³-hybridized carbons (Fsp3) is 0.400. The van der Waals surface area contributed by atoms with Gasteiger partial charge in [0.1, 0.15) is 15.9 Å². The van der Waals surface area contributed by atoms with Gasteiger partial charge in [-0.3, -0.25) is 0 Å². The molecule has 0 aromatic heterocycles. The van der Waals surface area contributed by atoms with Crippen LogP contribution in [-0.2, 0) is 10.1 Å². The van der Waals surface area contributed by atoms with Gasteiger partial charge in [0.25, 0.3) is 0 Å². The zero-order chi connectivity index (χ0) is 11.6. The monoisotopic (exact) mass is 252 g/mol. The van der Waals surface area contributed by atoms with Gasteiger partial charge in [-0.25, -0.2) is 8.42 Å². The van der Waals surface area contributed by atoms with Crippen LogP contribution in [-0.4, -0.2) is 20.1 Å². The largest absolute Gasteiger partial charge is 1.00 e. The average Bonchev–Trinajstić information content (AvgIpc) is 2.15. The summed E-state index contributed by atoms with van der Waals surface area (Å²) in [6, 6.07) is 4.49. The molecular formula is C10H13NaO4S. The Kier molecular flexibility index (Phi) is 6.00. The number of benzene rings is 1. The Morgan fingerprint density at radius 3 is 2.25 bits per heavy atom. The van der Waals surface area contributed by atoms with Crippen molar-refractivity contribution in [2.24, 2.45) is 0 Å². The molecule has 0 aliphatic carbocycles. The van der Waals surface area contributed by atoms with Crippen LogP contribution in [0, 0.1) is 0 Å². The van der Waals surface area contributed by atoms with Crippen molar-refractivity contribution in [3.63, 3.8) is 0 Å². The van der Waals surface area contributed by atoms with Crippen LogP contribution < -0.4 is 34.3 Å². The Labute approximate surface area is 118 Å². The molecule has 0 saturated carbocycles. The molecule has 1 rings (SSSR count). The van der Waals surface area contributed by atoms with E-state index in [1.807, 2.05) is 13.8 Å². The van der Waals surface area contributed by atoms with Crippen LogP contribution in [0.2, 0.25) is 0 Å². The third-order valence-electron chi connectivity index (χ3n) is 2.12. The molecule has 0 amide bonds. The molecule has 0 aliphatic rings.